The summed E-state index contributed by atoms with van der Waals surface area (Å²) in [7, 11) is 3.73. The molecule has 0 aliphatic heterocycles. The molecule has 0 saturated carbocycles. The molecule has 0 heterocycles. The molecule has 0 radical (unpaired) electrons. The number of halogens is 1. The molecule has 0 rings (SSSR count). The van der Waals surface area contributed by atoms with Crippen LogP contribution < -0.4 is 17.0 Å². The lowest BCUT2D eigenvalue weighted by Gasteiger charge is -2.24. The van der Waals surface area contributed by atoms with Crippen molar-refractivity contribution in [2.75, 3.05) is 20.6 Å². The summed E-state index contributed by atoms with van der Waals surface area (Å²) in [5.74, 6) is -0.224. The number of hydroxylamine groups is 3. The van der Waals surface area contributed by atoms with Crippen LogP contribution in [0.15, 0.2) is 0 Å². The van der Waals surface area contributed by atoms with Gasteiger partial charge in [0, 0.05) is 6.92 Å². The van der Waals surface area contributed by atoms with E-state index in [1.807, 2.05) is 14.1 Å². The highest BCUT2D eigenvalue weighted by molar-refractivity contribution is 5.65. The summed E-state index contributed by atoms with van der Waals surface area (Å²) in [6, 6.07) is 0. The van der Waals surface area contributed by atoms with Gasteiger partial charge in [0.15, 0.2) is 0 Å². The first-order chi connectivity index (χ1) is 4.48. The first-order valence-electron chi connectivity index (χ1n) is 3.51. The molecule has 0 spiro atoms. The fourth-order valence-corrected chi connectivity index (χ4v) is 0.932. The Kier molecular flexibility index (Phi) is 6.81. The topological polar surface area (TPSA) is 26.3 Å². The van der Waals surface area contributed by atoms with Gasteiger partial charge in [0.2, 0.25) is 0 Å². The van der Waals surface area contributed by atoms with Crippen molar-refractivity contribution < 1.29 is 31.3 Å². The summed E-state index contributed by atoms with van der Waals surface area (Å²) in [6.07, 6.45) is 1.01. The molecule has 0 unspecified atom stereocenters. The van der Waals surface area contributed by atoms with Crippen LogP contribution >= 0.6 is 0 Å². The minimum atomic E-state index is -0.224. The van der Waals surface area contributed by atoms with Crippen molar-refractivity contribution in [3.05, 3.63) is 0 Å². The van der Waals surface area contributed by atoms with Crippen LogP contribution in [0.3, 0.4) is 0 Å². The number of hydrogen-bond acceptors (Lipinski definition) is 2. The van der Waals surface area contributed by atoms with Crippen molar-refractivity contribution in [1.82, 2.24) is 0 Å². The van der Waals surface area contributed by atoms with Gasteiger partial charge in [0.05, 0.1) is 0 Å². The zero-order valence-electron chi connectivity index (χ0n) is 7.56. The zero-order valence-corrected chi connectivity index (χ0v) is 9.14. The molecule has 4 heteroatoms. The van der Waals surface area contributed by atoms with Crippen LogP contribution in [0.2, 0.25) is 0 Å². The minimum Gasteiger partial charge on any atom is -1.00 e. The number of hydrogen-bond donors (Lipinski definition) is 0. The largest absolute Gasteiger partial charge is 1.00 e. The Morgan fingerprint density at radius 1 is 1.45 bits per heavy atom. The molecule has 0 atom stereocenters. The first-order valence-corrected chi connectivity index (χ1v) is 3.51. The second-order valence-corrected chi connectivity index (χ2v) is 2.88. The molecule has 0 aromatic heterocycles. The van der Waals surface area contributed by atoms with Gasteiger partial charge >= 0.3 is 5.97 Å². The van der Waals surface area contributed by atoms with Gasteiger partial charge in [-0.05, 0) is 6.42 Å². The van der Waals surface area contributed by atoms with Gasteiger partial charge in [-0.3, -0.25) is 4.84 Å². The molecular weight excluding hydrogens is 210 g/mol. The maximum atomic E-state index is 10.5. The van der Waals surface area contributed by atoms with Gasteiger partial charge in [-0.1, -0.05) is 6.92 Å². The Bertz CT molecular complexity index is 126. The van der Waals surface area contributed by atoms with Gasteiger partial charge in [0.25, 0.3) is 0 Å². The van der Waals surface area contributed by atoms with Crippen LogP contribution in [0.5, 0.6) is 0 Å². The quantitative estimate of drug-likeness (QED) is 0.409. The lowest BCUT2D eigenvalue weighted by Crippen LogP contribution is -3.00. The minimum absolute atomic E-state index is 0. The molecule has 11 heavy (non-hydrogen) atoms. The number of carbonyl (C=O) groups excluding carboxylic acids is 1. The fraction of sp³-hybridized carbons (Fsp3) is 0.857. The fourth-order valence-electron chi connectivity index (χ4n) is 0.932. The predicted molar refractivity (Wildman–Crippen MR) is 39.0 cm³/mol. The van der Waals surface area contributed by atoms with Crippen molar-refractivity contribution in [3.8, 4) is 0 Å². The lowest BCUT2D eigenvalue weighted by atomic mass is 10.4. The lowest BCUT2D eigenvalue weighted by molar-refractivity contribution is -1.06. The van der Waals surface area contributed by atoms with Crippen LogP contribution in [-0.4, -0.2) is 31.3 Å². The van der Waals surface area contributed by atoms with E-state index in [9.17, 15) is 4.79 Å². The summed E-state index contributed by atoms with van der Waals surface area (Å²) >= 11 is 0. The second kappa shape index (κ2) is 5.55. The molecule has 0 aromatic rings. The zero-order chi connectivity index (χ0) is 8.20. The molecule has 0 amide bonds. The third-order valence-corrected chi connectivity index (χ3v) is 1.14. The Morgan fingerprint density at radius 2 is 1.91 bits per heavy atom. The molecule has 0 N–H and O–H groups in total. The van der Waals surface area contributed by atoms with Crippen molar-refractivity contribution in [2.45, 2.75) is 20.3 Å². The average molecular weight is 226 g/mol. The highest BCUT2D eigenvalue weighted by atomic mass is 79.9. The van der Waals surface area contributed by atoms with Crippen LogP contribution in [0, 0.1) is 0 Å². The van der Waals surface area contributed by atoms with Gasteiger partial charge in [0.1, 0.15) is 20.6 Å². The van der Waals surface area contributed by atoms with Crippen LogP contribution in [0.4, 0.5) is 0 Å². The van der Waals surface area contributed by atoms with Crippen molar-refractivity contribution in [2.24, 2.45) is 0 Å². The highest BCUT2D eigenvalue weighted by Gasteiger charge is 2.17. The number of quaternary nitrogens is 1. The normalized spacial score (nSPS) is 10.2. The summed E-state index contributed by atoms with van der Waals surface area (Å²) in [6.45, 7) is 4.35. The number of carbonyl (C=O) groups is 1. The van der Waals surface area contributed by atoms with Crippen molar-refractivity contribution >= 4 is 5.97 Å². The second-order valence-electron chi connectivity index (χ2n) is 2.88. The van der Waals surface area contributed by atoms with E-state index in [0.29, 0.717) is 4.65 Å². The Labute approximate surface area is 78.6 Å². The van der Waals surface area contributed by atoms with Crippen LogP contribution in [0.25, 0.3) is 0 Å². The van der Waals surface area contributed by atoms with Gasteiger partial charge in [-0.2, -0.15) is 0 Å². The predicted octanol–water partition coefficient (Wildman–Crippen LogP) is -2.05. The summed E-state index contributed by atoms with van der Waals surface area (Å²) in [4.78, 5) is 15.5. The van der Waals surface area contributed by atoms with Gasteiger partial charge < -0.3 is 17.0 Å². The summed E-state index contributed by atoms with van der Waals surface area (Å²) in [5, 5.41) is 0. The molecule has 0 aromatic carbocycles. The smallest absolute Gasteiger partial charge is 0.363 e. The molecule has 0 aliphatic rings. The Balaban J connectivity index is 0. The third-order valence-electron chi connectivity index (χ3n) is 1.14. The molecule has 68 valence electrons. The van der Waals surface area contributed by atoms with Crippen molar-refractivity contribution in [3.63, 3.8) is 0 Å². The average Bonchev–Trinajstić information content (AvgIpc) is 1.59. The maximum Gasteiger partial charge on any atom is 0.363 e. The number of nitrogens with zero attached hydrogens (tertiary/aromatic N) is 1. The molecule has 0 bridgehead atoms. The van der Waals surface area contributed by atoms with E-state index in [2.05, 4.69) is 6.92 Å². The van der Waals surface area contributed by atoms with E-state index in [-0.39, 0.29) is 23.0 Å². The summed E-state index contributed by atoms with van der Waals surface area (Å²) < 4.78 is 0.325. The SMILES string of the molecule is CCC[N+](C)(C)OC(C)=O.[Br-]. The van der Waals surface area contributed by atoms with E-state index in [1.54, 1.807) is 0 Å². The molecule has 0 fully saturated rings. The number of rotatable bonds is 3. The third kappa shape index (κ3) is 7.81. The van der Waals surface area contributed by atoms with E-state index >= 15 is 0 Å². The van der Waals surface area contributed by atoms with Gasteiger partial charge in [-0.15, -0.1) is 4.65 Å². The van der Waals surface area contributed by atoms with E-state index in [0.717, 1.165) is 13.0 Å². The monoisotopic (exact) mass is 225 g/mol. The van der Waals surface area contributed by atoms with Gasteiger partial charge in [-0.25, -0.2) is 4.79 Å². The molecule has 0 aliphatic carbocycles. The molecule has 3 nitrogen and oxygen atoms in total. The van der Waals surface area contributed by atoms with E-state index < -0.39 is 0 Å². The Hall–Kier alpha value is -0.0900. The van der Waals surface area contributed by atoms with Crippen molar-refractivity contribution in [1.29, 1.82) is 0 Å². The first kappa shape index (κ1) is 13.5. The standard InChI is InChI=1S/C7H16NO2.BrH/c1-5-6-8(3,4)10-7(2)9;/h5-6H2,1-4H3;1H/q+1;/p-1. The highest BCUT2D eigenvalue weighted by Crippen LogP contribution is 2.00. The summed E-state index contributed by atoms with van der Waals surface area (Å²) in [5.41, 5.74) is 0. The van der Waals surface area contributed by atoms with E-state index in [1.165, 1.54) is 6.92 Å². The molecular formula is C7H16BrNO2. The maximum absolute atomic E-state index is 10.5. The van der Waals surface area contributed by atoms with E-state index in [4.69, 9.17) is 4.84 Å². The Morgan fingerprint density at radius 3 is 2.18 bits per heavy atom. The molecule has 0 saturated heterocycles. The van der Waals surface area contributed by atoms with Crippen LogP contribution in [-0.2, 0) is 9.63 Å². The van der Waals surface area contributed by atoms with Crippen LogP contribution in [0.1, 0.15) is 20.3 Å².